The zero-order valence-electron chi connectivity index (χ0n) is 24.1. The van der Waals surface area contributed by atoms with Crippen LogP contribution in [0.3, 0.4) is 0 Å². The standard InChI is InChI=1S/C27H41N7O3.5ClH/c1-33(2)15-16-34-26(36)22-8-3-7-20-17-21(18-23(25(20)22)27(34)37)32-24(35)19-31-14-6-13-30-12-5-11-29-10-4-9-28;;;;;/h3,7-8,17-18,29-31H,4-6,9-16,19,28H2,1-2H3,(H,32,35);5*1H. The molecule has 1 aliphatic rings. The van der Waals surface area contributed by atoms with E-state index in [1.165, 1.54) is 4.90 Å². The Kier molecular flexibility index (Phi) is 25.7. The van der Waals surface area contributed by atoms with Gasteiger partial charge >= 0.3 is 0 Å². The quantitative estimate of drug-likeness (QED) is 0.126. The van der Waals surface area contributed by atoms with Crippen molar-refractivity contribution in [2.75, 3.05) is 78.3 Å². The number of likely N-dealkylation sites (N-methyl/N-ethyl adjacent to an activating group) is 1. The monoisotopic (exact) mass is 691 g/mol. The second-order valence-corrected chi connectivity index (χ2v) is 9.57. The maximum atomic E-state index is 13.2. The van der Waals surface area contributed by atoms with Crippen LogP contribution in [0, 0.1) is 0 Å². The van der Waals surface area contributed by atoms with E-state index in [0.29, 0.717) is 35.3 Å². The summed E-state index contributed by atoms with van der Waals surface area (Å²) < 4.78 is 0. The van der Waals surface area contributed by atoms with Crippen LogP contribution in [-0.4, -0.2) is 101 Å². The van der Waals surface area contributed by atoms with Gasteiger partial charge in [0, 0.05) is 29.7 Å². The van der Waals surface area contributed by atoms with Gasteiger partial charge in [-0.15, -0.1) is 62.0 Å². The number of halogens is 5. The summed E-state index contributed by atoms with van der Waals surface area (Å²) in [7, 11) is 3.80. The first kappa shape index (κ1) is 45.0. The van der Waals surface area contributed by atoms with Crippen LogP contribution in [0.5, 0.6) is 0 Å². The molecule has 0 radical (unpaired) electrons. The van der Waals surface area contributed by atoms with Crippen molar-refractivity contribution in [3.63, 3.8) is 0 Å². The van der Waals surface area contributed by atoms with Gasteiger partial charge in [0.25, 0.3) is 11.8 Å². The predicted molar refractivity (Wildman–Crippen MR) is 184 cm³/mol. The van der Waals surface area contributed by atoms with E-state index < -0.39 is 0 Å². The molecule has 0 unspecified atom stereocenters. The highest BCUT2D eigenvalue weighted by Crippen LogP contribution is 2.32. The van der Waals surface area contributed by atoms with Crippen molar-refractivity contribution < 1.29 is 14.4 Å². The van der Waals surface area contributed by atoms with Crippen molar-refractivity contribution in [3.8, 4) is 0 Å². The molecule has 0 aromatic heterocycles. The van der Waals surface area contributed by atoms with Gasteiger partial charge in [0.05, 0.1) is 12.1 Å². The smallest absolute Gasteiger partial charge is 0.261 e. The lowest BCUT2D eigenvalue weighted by Gasteiger charge is -2.28. The average Bonchev–Trinajstić information content (AvgIpc) is 2.87. The van der Waals surface area contributed by atoms with Crippen molar-refractivity contribution >= 4 is 96.2 Å². The Hall–Kier alpha value is -1.44. The van der Waals surface area contributed by atoms with Crippen LogP contribution in [0.4, 0.5) is 5.69 Å². The number of anilines is 1. The third-order valence-electron chi connectivity index (χ3n) is 6.24. The average molecular weight is 694 g/mol. The molecule has 42 heavy (non-hydrogen) atoms. The van der Waals surface area contributed by atoms with Crippen LogP contribution in [0.2, 0.25) is 0 Å². The zero-order chi connectivity index (χ0) is 26.6. The van der Waals surface area contributed by atoms with Gasteiger partial charge in [-0.05, 0) is 96.2 Å². The lowest BCUT2D eigenvalue weighted by atomic mass is 9.93. The molecule has 3 amide bonds. The molecular formula is C27H46Cl5N7O3. The molecule has 2 aromatic carbocycles. The number of benzene rings is 2. The van der Waals surface area contributed by atoms with Crippen molar-refractivity contribution in [1.29, 1.82) is 0 Å². The molecule has 0 bridgehead atoms. The summed E-state index contributed by atoms with van der Waals surface area (Å²) in [5, 5.41) is 14.2. The van der Waals surface area contributed by atoms with Crippen LogP contribution >= 0.6 is 62.0 Å². The number of imide groups is 1. The van der Waals surface area contributed by atoms with Gasteiger partial charge < -0.3 is 31.9 Å². The van der Waals surface area contributed by atoms with Gasteiger partial charge in [-0.2, -0.15) is 0 Å². The van der Waals surface area contributed by atoms with Crippen molar-refractivity contribution in [2.45, 2.75) is 19.3 Å². The molecule has 10 nitrogen and oxygen atoms in total. The van der Waals surface area contributed by atoms with Gasteiger partial charge in [0.15, 0.2) is 0 Å². The van der Waals surface area contributed by atoms with E-state index >= 15 is 0 Å². The third kappa shape index (κ3) is 13.5. The molecule has 0 fully saturated rings. The maximum Gasteiger partial charge on any atom is 0.261 e. The van der Waals surface area contributed by atoms with Gasteiger partial charge in [-0.3, -0.25) is 19.3 Å². The molecule has 15 heteroatoms. The minimum atomic E-state index is -0.330. The number of nitrogens with two attached hydrogens (primary N) is 1. The first-order chi connectivity index (χ1) is 17.9. The highest BCUT2D eigenvalue weighted by molar-refractivity contribution is 6.26. The topological polar surface area (TPSA) is 132 Å². The van der Waals surface area contributed by atoms with Crippen LogP contribution in [0.1, 0.15) is 40.0 Å². The number of nitrogens with one attached hydrogen (secondary N) is 4. The van der Waals surface area contributed by atoms with Crippen molar-refractivity contribution in [2.24, 2.45) is 5.73 Å². The summed E-state index contributed by atoms with van der Waals surface area (Å²) in [6.07, 6.45) is 2.99. The zero-order valence-corrected chi connectivity index (χ0v) is 28.2. The Bertz CT molecular complexity index is 1100. The first-order valence-electron chi connectivity index (χ1n) is 13.1. The Labute approximate surface area is 280 Å². The second kappa shape index (κ2) is 23.9. The molecule has 3 rings (SSSR count). The minimum Gasteiger partial charge on any atom is -0.330 e. The van der Waals surface area contributed by atoms with Crippen LogP contribution in [0.15, 0.2) is 30.3 Å². The number of amides is 3. The molecule has 1 heterocycles. The summed E-state index contributed by atoms with van der Waals surface area (Å²) >= 11 is 0. The number of hydrogen-bond donors (Lipinski definition) is 5. The van der Waals surface area contributed by atoms with Crippen molar-refractivity contribution in [3.05, 3.63) is 41.5 Å². The summed E-state index contributed by atoms with van der Waals surface area (Å²) in [4.78, 5) is 41.9. The normalized spacial score (nSPS) is 11.6. The number of carbonyl (C=O) groups excluding carboxylic acids is 3. The molecule has 0 saturated heterocycles. The molecule has 0 saturated carbocycles. The molecule has 0 spiro atoms. The molecule has 0 atom stereocenters. The minimum absolute atomic E-state index is 0. The van der Waals surface area contributed by atoms with E-state index in [1.54, 1.807) is 18.2 Å². The second-order valence-electron chi connectivity index (χ2n) is 9.57. The highest BCUT2D eigenvalue weighted by Gasteiger charge is 2.33. The van der Waals surface area contributed by atoms with Crippen LogP contribution in [0.25, 0.3) is 10.8 Å². The van der Waals surface area contributed by atoms with E-state index in [2.05, 4.69) is 21.3 Å². The van der Waals surface area contributed by atoms with Crippen molar-refractivity contribution in [1.82, 2.24) is 25.8 Å². The van der Waals surface area contributed by atoms with Crippen LogP contribution in [-0.2, 0) is 4.79 Å². The van der Waals surface area contributed by atoms with E-state index in [1.807, 2.05) is 31.1 Å². The maximum absolute atomic E-state index is 13.2. The summed E-state index contributed by atoms with van der Waals surface area (Å²) in [6.45, 7) is 6.31. The molecule has 242 valence electrons. The summed E-state index contributed by atoms with van der Waals surface area (Å²) in [5.41, 5.74) is 6.97. The largest absolute Gasteiger partial charge is 0.330 e. The van der Waals surface area contributed by atoms with Gasteiger partial charge in [0.1, 0.15) is 0 Å². The number of hydrogen-bond acceptors (Lipinski definition) is 8. The molecular weight excluding hydrogens is 648 g/mol. The lowest BCUT2D eigenvalue weighted by molar-refractivity contribution is -0.115. The van der Waals surface area contributed by atoms with Gasteiger partial charge in [0.2, 0.25) is 5.91 Å². The Balaban J connectivity index is -0.00000304. The lowest BCUT2D eigenvalue weighted by Crippen LogP contribution is -2.43. The highest BCUT2D eigenvalue weighted by atomic mass is 35.5. The molecule has 6 N–H and O–H groups in total. The van der Waals surface area contributed by atoms with Crippen LogP contribution < -0.4 is 27.0 Å². The first-order valence-corrected chi connectivity index (χ1v) is 13.1. The summed E-state index contributed by atoms with van der Waals surface area (Å²) in [6, 6.07) is 8.90. The molecule has 0 aliphatic carbocycles. The molecule has 2 aromatic rings. The Morgan fingerprint density at radius 3 is 1.98 bits per heavy atom. The Morgan fingerprint density at radius 2 is 1.38 bits per heavy atom. The predicted octanol–water partition coefficient (Wildman–Crippen LogP) is 2.94. The van der Waals surface area contributed by atoms with Gasteiger partial charge in [-0.25, -0.2) is 0 Å². The Morgan fingerprint density at radius 1 is 0.810 bits per heavy atom. The molecule has 1 aliphatic heterocycles. The third-order valence-corrected chi connectivity index (χ3v) is 6.24. The van der Waals surface area contributed by atoms with E-state index in [0.717, 1.165) is 63.9 Å². The summed E-state index contributed by atoms with van der Waals surface area (Å²) in [5.74, 6) is -0.786. The van der Waals surface area contributed by atoms with E-state index in [4.69, 9.17) is 5.73 Å². The fourth-order valence-electron chi connectivity index (χ4n) is 4.29. The van der Waals surface area contributed by atoms with Gasteiger partial charge in [-0.1, -0.05) is 12.1 Å². The number of nitrogens with zero attached hydrogens (tertiary/aromatic N) is 2. The SMILES string of the molecule is CN(C)CCN1C(=O)c2cccc3cc(NC(=O)CNCCCNCCCNCCCN)cc(c23)C1=O.Cl.Cl.Cl.Cl.Cl. The fraction of sp³-hybridized carbons (Fsp3) is 0.519. The van der Waals surface area contributed by atoms with E-state index in [9.17, 15) is 14.4 Å². The van der Waals surface area contributed by atoms with E-state index in [-0.39, 0.29) is 86.3 Å². The number of rotatable bonds is 17. The number of carbonyl (C=O) groups is 3. The fourth-order valence-corrected chi connectivity index (χ4v) is 4.29.